The molecule has 0 saturated heterocycles. The summed E-state index contributed by atoms with van der Waals surface area (Å²) in [5.74, 6) is -3.01. The molecule has 1 N–H and O–H groups in total. The monoisotopic (exact) mass is 459 g/mol. The van der Waals surface area contributed by atoms with Crippen LogP contribution in [0.4, 0.5) is 10.1 Å². The molecule has 0 radical (unpaired) electrons. The molecule has 4 rings (SSSR count). The van der Waals surface area contributed by atoms with Crippen molar-refractivity contribution in [2.75, 3.05) is 11.9 Å². The minimum Gasteiger partial charge on any atom is -0.456 e. The zero-order valence-electron chi connectivity index (χ0n) is 17.8. The van der Waals surface area contributed by atoms with E-state index >= 15 is 0 Å². The van der Waals surface area contributed by atoms with Gasteiger partial charge in [-0.2, -0.15) is 0 Å². The summed E-state index contributed by atoms with van der Waals surface area (Å²) in [4.78, 5) is 62.1. The molecule has 8 heteroatoms. The first-order chi connectivity index (χ1) is 16.3. The van der Waals surface area contributed by atoms with Gasteiger partial charge in [-0.1, -0.05) is 36.4 Å². The van der Waals surface area contributed by atoms with Gasteiger partial charge in [0.25, 0.3) is 5.91 Å². The third-order valence-electron chi connectivity index (χ3n) is 5.31. The Morgan fingerprint density at radius 1 is 0.765 bits per heavy atom. The minimum atomic E-state index is -0.763. The van der Waals surface area contributed by atoms with Crippen molar-refractivity contribution in [3.05, 3.63) is 100 Å². The number of hydrogen-bond donors (Lipinski definition) is 1. The van der Waals surface area contributed by atoms with Crippen LogP contribution in [-0.2, 0) is 14.3 Å². The van der Waals surface area contributed by atoms with E-state index in [1.165, 1.54) is 24.3 Å². The highest BCUT2D eigenvalue weighted by Crippen LogP contribution is 2.31. The van der Waals surface area contributed by atoms with Gasteiger partial charge in [-0.25, -0.2) is 4.39 Å². The van der Waals surface area contributed by atoms with Crippen molar-refractivity contribution in [3.63, 3.8) is 0 Å². The van der Waals surface area contributed by atoms with Crippen LogP contribution in [-0.4, -0.2) is 35.8 Å². The predicted octanol–water partition coefficient (Wildman–Crippen LogP) is 3.75. The average molecular weight is 459 g/mol. The van der Waals surface area contributed by atoms with Crippen molar-refractivity contribution in [1.82, 2.24) is 0 Å². The summed E-state index contributed by atoms with van der Waals surface area (Å²) in [5.41, 5.74) is 1.21. The van der Waals surface area contributed by atoms with Crippen LogP contribution < -0.4 is 5.32 Å². The van der Waals surface area contributed by atoms with E-state index in [9.17, 15) is 28.4 Å². The summed E-state index contributed by atoms with van der Waals surface area (Å²) in [5, 5.41) is 2.51. The molecule has 3 aromatic carbocycles. The van der Waals surface area contributed by atoms with Crippen LogP contribution >= 0.6 is 0 Å². The fourth-order valence-electron chi connectivity index (χ4n) is 3.65. The van der Waals surface area contributed by atoms with E-state index in [1.54, 1.807) is 30.3 Å². The maximum absolute atomic E-state index is 13.0. The smallest absolute Gasteiger partial charge is 0.306 e. The first kappa shape index (κ1) is 22.7. The number of nitrogens with one attached hydrogen (secondary N) is 1. The fourth-order valence-corrected chi connectivity index (χ4v) is 3.65. The Kier molecular flexibility index (Phi) is 6.40. The van der Waals surface area contributed by atoms with Gasteiger partial charge in [0.05, 0.1) is 17.7 Å². The van der Waals surface area contributed by atoms with Gasteiger partial charge in [0, 0.05) is 28.7 Å². The average Bonchev–Trinajstić information content (AvgIpc) is 2.85. The molecule has 170 valence electrons. The first-order valence-corrected chi connectivity index (χ1v) is 10.4. The highest BCUT2D eigenvalue weighted by Gasteiger charge is 2.31. The van der Waals surface area contributed by atoms with Crippen molar-refractivity contribution >= 4 is 34.9 Å². The molecule has 0 aliphatic heterocycles. The van der Waals surface area contributed by atoms with Gasteiger partial charge in [0.1, 0.15) is 5.82 Å². The first-order valence-electron chi connectivity index (χ1n) is 10.4. The molecule has 0 fully saturated rings. The van der Waals surface area contributed by atoms with Gasteiger partial charge in [-0.3, -0.25) is 24.0 Å². The number of anilines is 1. The normalized spacial score (nSPS) is 11.9. The Morgan fingerprint density at radius 3 is 2.12 bits per heavy atom. The molecule has 0 spiro atoms. The summed E-state index contributed by atoms with van der Waals surface area (Å²) in [7, 11) is 0. The molecule has 0 atom stereocenters. The predicted molar refractivity (Wildman–Crippen MR) is 119 cm³/mol. The lowest BCUT2D eigenvalue weighted by molar-refractivity contribution is -0.147. The lowest BCUT2D eigenvalue weighted by atomic mass is 9.83. The number of benzene rings is 3. The number of carbonyl (C=O) groups excluding carboxylic acids is 5. The van der Waals surface area contributed by atoms with E-state index in [0.29, 0.717) is 5.56 Å². The second-order valence-electron chi connectivity index (χ2n) is 7.57. The van der Waals surface area contributed by atoms with E-state index in [1.807, 2.05) is 0 Å². The van der Waals surface area contributed by atoms with Crippen LogP contribution in [0.25, 0.3) is 0 Å². The van der Waals surface area contributed by atoms with Gasteiger partial charge in [0.2, 0.25) is 0 Å². The van der Waals surface area contributed by atoms with Crippen molar-refractivity contribution in [2.45, 2.75) is 12.8 Å². The van der Waals surface area contributed by atoms with Crippen LogP contribution in [0.2, 0.25) is 0 Å². The van der Waals surface area contributed by atoms with E-state index < -0.39 is 30.1 Å². The Hall–Kier alpha value is -4.46. The summed E-state index contributed by atoms with van der Waals surface area (Å²) >= 11 is 0. The number of Topliss-reactive ketones (excluding diaryl/α,β-unsaturated/α-hetero) is 1. The van der Waals surface area contributed by atoms with Gasteiger partial charge >= 0.3 is 5.97 Å². The molecule has 1 aliphatic rings. The number of hydrogen-bond acceptors (Lipinski definition) is 6. The van der Waals surface area contributed by atoms with E-state index in [2.05, 4.69) is 5.32 Å². The third-order valence-corrected chi connectivity index (χ3v) is 5.31. The van der Waals surface area contributed by atoms with Crippen molar-refractivity contribution in [1.29, 1.82) is 0 Å². The van der Waals surface area contributed by atoms with Gasteiger partial charge in [0.15, 0.2) is 24.0 Å². The number of amides is 1. The number of fused-ring (bicyclic) bond motifs is 2. The highest BCUT2D eigenvalue weighted by molar-refractivity contribution is 6.30. The zero-order chi connectivity index (χ0) is 24.2. The second kappa shape index (κ2) is 9.58. The molecule has 3 aromatic rings. The van der Waals surface area contributed by atoms with Crippen LogP contribution in [0.1, 0.15) is 55.0 Å². The summed E-state index contributed by atoms with van der Waals surface area (Å²) in [6, 6.07) is 15.9. The lowest BCUT2D eigenvalue weighted by Crippen LogP contribution is -2.26. The third kappa shape index (κ3) is 4.66. The molecule has 34 heavy (non-hydrogen) atoms. The zero-order valence-corrected chi connectivity index (χ0v) is 17.8. The van der Waals surface area contributed by atoms with E-state index in [-0.39, 0.29) is 52.3 Å². The molecule has 0 aromatic heterocycles. The summed E-state index contributed by atoms with van der Waals surface area (Å²) in [6.07, 6.45) is -0.414. The Morgan fingerprint density at radius 2 is 1.41 bits per heavy atom. The lowest BCUT2D eigenvalue weighted by Gasteiger charge is -2.20. The molecule has 7 nitrogen and oxygen atoms in total. The second-order valence-corrected chi connectivity index (χ2v) is 7.57. The molecule has 0 heterocycles. The Balaban J connectivity index is 1.35. The summed E-state index contributed by atoms with van der Waals surface area (Å²) in [6.45, 7) is -0.633. The SMILES string of the molecule is O=C(COC(=O)CCC(=O)c1ccc(F)cc1)Nc1cccc2c1C(=O)c1ccccc1C2=O. The number of ketones is 3. The molecule has 1 amide bonds. The van der Waals surface area contributed by atoms with Crippen molar-refractivity contribution in [2.24, 2.45) is 0 Å². The fraction of sp³-hybridized carbons (Fsp3) is 0.115. The van der Waals surface area contributed by atoms with Gasteiger partial charge in [-0.05, 0) is 30.3 Å². The number of ether oxygens (including phenoxy) is 1. The number of carbonyl (C=O) groups is 5. The van der Waals surface area contributed by atoms with Gasteiger partial charge < -0.3 is 10.1 Å². The van der Waals surface area contributed by atoms with Crippen LogP contribution in [0.3, 0.4) is 0 Å². The molecular weight excluding hydrogens is 441 g/mol. The number of halogens is 1. The Bertz CT molecular complexity index is 1330. The maximum atomic E-state index is 13.0. The van der Waals surface area contributed by atoms with E-state index in [4.69, 9.17) is 4.74 Å². The largest absolute Gasteiger partial charge is 0.456 e. The quantitative estimate of drug-likeness (QED) is 0.333. The van der Waals surface area contributed by atoms with Crippen LogP contribution in [0.5, 0.6) is 0 Å². The van der Waals surface area contributed by atoms with Crippen molar-refractivity contribution < 1.29 is 33.1 Å². The minimum absolute atomic E-state index is 0.0794. The molecule has 0 unspecified atom stereocenters. The molecule has 0 saturated carbocycles. The molecule has 1 aliphatic carbocycles. The molecular formula is C26H18FNO6. The summed E-state index contributed by atoms with van der Waals surface area (Å²) < 4.78 is 17.9. The maximum Gasteiger partial charge on any atom is 0.306 e. The number of esters is 1. The topological polar surface area (TPSA) is 107 Å². The van der Waals surface area contributed by atoms with E-state index in [0.717, 1.165) is 12.1 Å². The highest BCUT2D eigenvalue weighted by atomic mass is 19.1. The Labute approximate surface area is 193 Å². The van der Waals surface area contributed by atoms with Gasteiger partial charge in [-0.15, -0.1) is 0 Å². The van der Waals surface area contributed by atoms with Crippen LogP contribution in [0, 0.1) is 5.82 Å². The van der Waals surface area contributed by atoms with Crippen molar-refractivity contribution in [3.8, 4) is 0 Å². The number of rotatable bonds is 7. The standard InChI is InChI=1S/C26H18FNO6/c27-16-10-8-15(9-11-16)21(29)12-13-23(31)34-14-22(30)28-20-7-3-6-19-24(20)26(33)18-5-2-1-4-17(18)25(19)32/h1-11H,12-14H2,(H,28,30). The molecule has 0 bridgehead atoms. The van der Waals surface area contributed by atoms with Crippen LogP contribution in [0.15, 0.2) is 66.7 Å².